The molecule has 126 valence electrons. The molecule has 0 bridgehead atoms. The predicted molar refractivity (Wildman–Crippen MR) is 83.0 cm³/mol. The van der Waals surface area contributed by atoms with Crippen LogP contribution in [0.3, 0.4) is 0 Å². The van der Waals surface area contributed by atoms with Crippen molar-refractivity contribution >= 4 is 12.2 Å². The molecule has 8 nitrogen and oxygen atoms in total. The van der Waals surface area contributed by atoms with Crippen molar-refractivity contribution in [2.75, 3.05) is 6.61 Å². The molecule has 0 spiro atoms. The highest BCUT2D eigenvalue weighted by Gasteiger charge is 2.33. The second-order valence-electron chi connectivity index (χ2n) is 5.13. The number of hydrogen-bond acceptors (Lipinski definition) is 7. The monoisotopic (exact) mass is 341 g/mol. The van der Waals surface area contributed by atoms with Crippen molar-refractivity contribution in [2.24, 2.45) is 0 Å². The summed E-state index contributed by atoms with van der Waals surface area (Å²) in [6.07, 6.45) is -6.64. The molecule has 0 aliphatic carbocycles. The van der Waals surface area contributed by atoms with Gasteiger partial charge in [-0.1, -0.05) is 30.3 Å². The van der Waals surface area contributed by atoms with Crippen LogP contribution in [0.25, 0.3) is 0 Å². The molecule has 0 radical (unpaired) electrons. The molecule has 1 aromatic carbocycles. The maximum Gasteiger partial charge on any atom is 0.195 e. The largest absolute Gasteiger partial charge is 0.394 e. The van der Waals surface area contributed by atoms with Crippen LogP contribution in [-0.4, -0.2) is 65.2 Å². The Balaban J connectivity index is 2.25. The number of aliphatic hydroxyl groups excluding tert-OH is 5. The lowest BCUT2D eigenvalue weighted by atomic mass is 10.0. The number of aromatic amines is 1. The highest BCUT2D eigenvalue weighted by molar-refractivity contribution is 7.71. The topological polar surface area (TPSA) is 135 Å². The molecule has 1 heterocycles. The summed E-state index contributed by atoms with van der Waals surface area (Å²) in [6, 6.07) is 9.30. The number of rotatable bonds is 7. The number of hydrogen-bond donors (Lipinski definition) is 6. The first kappa shape index (κ1) is 17.7. The zero-order chi connectivity index (χ0) is 17.0. The Morgan fingerprint density at radius 3 is 2.35 bits per heavy atom. The van der Waals surface area contributed by atoms with E-state index >= 15 is 0 Å². The fraction of sp³-hybridized carbons (Fsp3) is 0.429. The number of nitrogens with one attached hydrogen (secondary N) is 1. The van der Waals surface area contributed by atoms with E-state index < -0.39 is 31.0 Å². The number of benzene rings is 1. The van der Waals surface area contributed by atoms with E-state index in [-0.39, 0.29) is 10.6 Å². The highest BCUT2D eigenvalue weighted by atomic mass is 32.1. The molecule has 2 aromatic rings. The third kappa shape index (κ3) is 4.02. The smallest absolute Gasteiger partial charge is 0.195 e. The van der Waals surface area contributed by atoms with Gasteiger partial charge < -0.3 is 25.5 Å². The summed E-state index contributed by atoms with van der Waals surface area (Å²) < 4.78 is 1.73. The van der Waals surface area contributed by atoms with Crippen LogP contribution >= 0.6 is 12.2 Å². The number of aromatic nitrogens is 3. The van der Waals surface area contributed by atoms with Crippen LogP contribution < -0.4 is 0 Å². The molecule has 2 rings (SSSR count). The fourth-order valence-electron chi connectivity index (χ4n) is 2.15. The van der Waals surface area contributed by atoms with Gasteiger partial charge in [-0.25, -0.2) is 0 Å². The second kappa shape index (κ2) is 7.77. The fourth-order valence-corrected chi connectivity index (χ4v) is 2.35. The molecule has 1 aromatic heterocycles. The quantitative estimate of drug-likeness (QED) is 0.359. The number of nitrogens with zero attached hydrogens (tertiary/aromatic N) is 2. The van der Waals surface area contributed by atoms with Crippen molar-refractivity contribution < 1.29 is 25.5 Å². The van der Waals surface area contributed by atoms with Crippen LogP contribution in [0.5, 0.6) is 0 Å². The molecule has 0 aliphatic heterocycles. The van der Waals surface area contributed by atoms with Crippen molar-refractivity contribution in [3.05, 3.63) is 46.5 Å². The van der Waals surface area contributed by atoms with Gasteiger partial charge in [-0.3, -0.25) is 9.67 Å². The zero-order valence-electron chi connectivity index (χ0n) is 12.1. The van der Waals surface area contributed by atoms with Crippen LogP contribution in [0.4, 0.5) is 0 Å². The van der Waals surface area contributed by atoms with Gasteiger partial charge in [0.15, 0.2) is 10.6 Å². The number of aliphatic hydroxyl groups is 5. The Kier molecular flexibility index (Phi) is 5.99. The van der Waals surface area contributed by atoms with Gasteiger partial charge in [0.1, 0.15) is 24.4 Å². The Bertz CT molecular complexity index is 675. The molecule has 0 saturated heterocycles. The molecule has 0 fully saturated rings. The van der Waals surface area contributed by atoms with Crippen molar-refractivity contribution in [3.8, 4) is 0 Å². The molecule has 9 heteroatoms. The van der Waals surface area contributed by atoms with Gasteiger partial charge in [-0.05, 0) is 17.8 Å². The van der Waals surface area contributed by atoms with E-state index in [0.29, 0.717) is 6.54 Å². The molecule has 23 heavy (non-hydrogen) atoms. The van der Waals surface area contributed by atoms with Gasteiger partial charge in [0, 0.05) is 0 Å². The Labute approximate surface area is 137 Å². The standard InChI is InChI=1S/C14H19N3O5S/c18-7-9(19)10(20)11(21)12(22)13-15-16-14(23)17(13)6-8-4-2-1-3-5-8/h1-5,9-12,18-22H,6-7H2,(H,16,23). The predicted octanol–water partition coefficient (Wildman–Crippen LogP) is -0.903. The van der Waals surface area contributed by atoms with Crippen molar-refractivity contribution in [1.29, 1.82) is 0 Å². The Morgan fingerprint density at radius 2 is 1.74 bits per heavy atom. The van der Waals surface area contributed by atoms with Gasteiger partial charge in [-0.2, -0.15) is 5.10 Å². The lowest BCUT2D eigenvalue weighted by Crippen LogP contribution is -2.43. The molecule has 4 atom stereocenters. The summed E-state index contributed by atoms with van der Waals surface area (Å²) in [5, 5.41) is 54.5. The molecular weight excluding hydrogens is 322 g/mol. The van der Waals surface area contributed by atoms with Crippen LogP contribution in [0.1, 0.15) is 17.5 Å². The lowest BCUT2D eigenvalue weighted by Gasteiger charge is -2.25. The zero-order valence-corrected chi connectivity index (χ0v) is 13.0. The van der Waals surface area contributed by atoms with Gasteiger partial charge in [0.05, 0.1) is 13.2 Å². The van der Waals surface area contributed by atoms with Gasteiger partial charge >= 0.3 is 0 Å². The van der Waals surface area contributed by atoms with E-state index in [1.165, 1.54) is 4.57 Å². The minimum absolute atomic E-state index is 0.0237. The maximum absolute atomic E-state index is 10.2. The summed E-state index contributed by atoms with van der Waals surface area (Å²) in [4.78, 5) is 0. The average Bonchev–Trinajstić information content (AvgIpc) is 2.93. The minimum Gasteiger partial charge on any atom is -0.394 e. The molecular formula is C14H19N3O5S. The number of H-pyrrole nitrogens is 1. The SMILES string of the molecule is OCC(O)C(O)C(O)C(O)c1n[nH]c(=S)n1Cc1ccccc1. The first-order valence-electron chi connectivity index (χ1n) is 6.97. The van der Waals surface area contributed by atoms with Crippen molar-refractivity contribution in [1.82, 2.24) is 14.8 Å². The molecule has 0 amide bonds. The van der Waals surface area contributed by atoms with Gasteiger partial charge in [-0.15, -0.1) is 0 Å². The first-order valence-corrected chi connectivity index (χ1v) is 7.38. The van der Waals surface area contributed by atoms with Crippen LogP contribution in [0, 0.1) is 4.77 Å². The molecule has 6 N–H and O–H groups in total. The van der Waals surface area contributed by atoms with Crippen LogP contribution in [-0.2, 0) is 6.54 Å². The van der Waals surface area contributed by atoms with E-state index in [2.05, 4.69) is 10.2 Å². The van der Waals surface area contributed by atoms with Crippen LogP contribution in [0.15, 0.2) is 30.3 Å². The van der Waals surface area contributed by atoms with Crippen molar-refractivity contribution in [3.63, 3.8) is 0 Å². The minimum atomic E-state index is -1.74. The average molecular weight is 341 g/mol. The van der Waals surface area contributed by atoms with Crippen LogP contribution in [0.2, 0.25) is 0 Å². The van der Waals surface area contributed by atoms with Crippen molar-refractivity contribution in [2.45, 2.75) is 31.0 Å². The summed E-state index contributed by atoms with van der Waals surface area (Å²) in [5.74, 6) is 0.0237. The third-order valence-electron chi connectivity index (χ3n) is 3.49. The Hall–Kier alpha value is -1.62. The maximum atomic E-state index is 10.2. The second-order valence-corrected chi connectivity index (χ2v) is 5.52. The van der Waals surface area contributed by atoms with Gasteiger partial charge in [0.2, 0.25) is 0 Å². The van der Waals surface area contributed by atoms with Gasteiger partial charge in [0.25, 0.3) is 0 Å². The molecule has 0 aliphatic rings. The van der Waals surface area contributed by atoms with E-state index in [9.17, 15) is 20.4 Å². The summed E-state index contributed by atoms with van der Waals surface area (Å²) in [5.41, 5.74) is 0.906. The summed E-state index contributed by atoms with van der Waals surface area (Å²) in [7, 11) is 0. The van der Waals surface area contributed by atoms with E-state index in [1.54, 1.807) is 0 Å². The summed E-state index contributed by atoms with van der Waals surface area (Å²) in [6.45, 7) is -0.435. The highest BCUT2D eigenvalue weighted by Crippen LogP contribution is 2.20. The Morgan fingerprint density at radius 1 is 1.09 bits per heavy atom. The normalized spacial score (nSPS) is 16.7. The lowest BCUT2D eigenvalue weighted by molar-refractivity contribution is -0.118. The summed E-state index contributed by atoms with van der Waals surface area (Å²) >= 11 is 5.12. The van der Waals surface area contributed by atoms with E-state index in [0.717, 1.165) is 5.56 Å². The molecule has 0 saturated carbocycles. The third-order valence-corrected chi connectivity index (χ3v) is 3.80. The van der Waals surface area contributed by atoms with E-state index in [1.807, 2.05) is 30.3 Å². The first-order chi connectivity index (χ1) is 11.0. The van der Waals surface area contributed by atoms with E-state index in [4.69, 9.17) is 17.3 Å². The molecule has 4 unspecified atom stereocenters.